The maximum absolute atomic E-state index is 12.4. The SMILES string of the molecule is O=C(Nc1ccccc1Cl)N1CCN(CCc2cccc(Cl)c2)CC1. The van der Waals surface area contributed by atoms with Crippen LogP contribution in [0, 0.1) is 0 Å². The van der Waals surface area contributed by atoms with E-state index in [9.17, 15) is 4.79 Å². The number of para-hydroxylation sites is 1. The predicted molar refractivity (Wildman–Crippen MR) is 104 cm³/mol. The van der Waals surface area contributed by atoms with Gasteiger partial charge < -0.3 is 10.2 Å². The first-order chi connectivity index (χ1) is 12.1. The number of hydrogen-bond acceptors (Lipinski definition) is 2. The Morgan fingerprint density at radius 2 is 1.76 bits per heavy atom. The third kappa shape index (κ3) is 5.11. The first kappa shape index (κ1) is 18.1. The Morgan fingerprint density at radius 3 is 2.48 bits per heavy atom. The van der Waals surface area contributed by atoms with Crippen LogP contribution in [0.5, 0.6) is 0 Å². The standard InChI is InChI=1S/C19H21Cl2N3O/c20-16-5-3-4-15(14-16)8-9-23-10-12-24(13-11-23)19(25)22-18-7-2-1-6-17(18)21/h1-7,14H,8-13H2,(H,22,25). The minimum absolute atomic E-state index is 0.0948. The number of anilines is 1. The second-order valence-corrected chi connectivity index (χ2v) is 6.96. The molecule has 0 unspecified atom stereocenters. The number of amides is 2. The van der Waals surface area contributed by atoms with Crippen LogP contribution in [0.1, 0.15) is 5.56 Å². The third-order valence-corrected chi connectivity index (χ3v) is 4.95. The summed E-state index contributed by atoms with van der Waals surface area (Å²) in [5.74, 6) is 0. The van der Waals surface area contributed by atoms with Gasteiger partial charge in [0.05, 0.1) is 10.7 Å². The van der Waals surface area contributed by atoms with E-state index in [0.29, 0.717) is 23.8 Å². The van der Waals surface area contributed by atoms with Crippen molar-refractivity contribution in [2.24, 2.45) is 0 Å². The number of carbonyl (C=O) groups is 1. The molecule has 0 spiro atoms. The topological polar surface area (TPSA) is 35.6 Å². The van der Waals surface area contributed by atoms with Crippen molar-refractivity contribution in [2.45, 2.75) is 6.42 Å². The molecular weight excluding hydrogens is 357 g/mol. The lowest BCUT2D eigenvalue weighted by molar-refractivity contribution is 0.148. The first-order valence-corrected chi connectivity index (χ1v) is 9.15. The summed E-state index contributed by atoms with van der Waals surface area (Å²) in [6, 6.07) is 15.2. The number of nitrogens with zero attached hydrogens (tertiary/aromatic N) is 2. The van der Waals surface area contributed by atoms with Crippen molar-refractivity contribution in [1.82, 2.24) is 9.80 Å². The third-order valence-electron chi connectivity index (χ3n) is 4.38. The minimum Gasteiger partial charge on any atom is -0.322 e. The summed E-state index contributed by atoms with van der Waals surface area (Å²) in [6.07, 6.45) is 0.965. The summed E-state index contributed by atoms with van der Waals surface area (Å²) in [7, 11) is 0. The van der Waals surface area contributed by atoms with Gasteiger partial charge in [0.2, 0.25) is 0 Å². The van der Waals surface area contributed by atoms with Gasteiger partial charge >= 0.3 is 6.03 Å². The van der Waals surface area contributed by atoms with Crippen molar-refractivity contribution in [1.29, 1.82) is 0 Å². The molecule has 2 amide bonds. The number of urea groups is 1. The van der Waals surface area contributed by atoms with Crippen molar-refractivity contribution in [3.63, 3.8) is 0 Å². The molecule has 1 fully saturated rings. The van der Waals surface area contributed by atoms with E-state index in [1.807, 2.05) is 41.3 Å². The van der Waals surface area contributed by atoms with E-state index in [1.165, 1.54) is 5.56 Å². The summed E-state index contributed by atoms with van der Waals surface area (Å²) in [6.45, 7) is 4.14. The lowest BCUT2D eigenvalue weighted by atomic mass is 10.1. The van der Waals surface area contributed by atoms with Crippen molar-refractivity contribution >= 4 is 34.9 Å². The summed E-state index contributed by atoms with van der Waals surface area (Å²) < 4.78 is 0. The van der Waals surface area contributed by atoms with Crippen molar-refractivity contribution in [2.75, 3.05) is 38.0 Å². The number of hydrogen-bond donors (Lipinski definition) is 1. The number of carbonyl (C=O) groups excluding carboxylic acids is 1. The maximum Gasteiger partial charge on any atom is 0.321 e. The van der Waals surface area contributed by atoms with Crippen LogP contribution in [0.4, 0.5) is 10.5 Å². The molecule has 2 aromatic rings. The zero-order valence-electron chi connectivity index (χ0n) is 13.9. The molecule has 2 aromatic carbocycles. The van der Waals surface area contributed by atoms with Gasteiger partial charge in [0.15, 0.2) is 0 Å². The Hall–Kier alpha value is -1.75. The molecule has 0 saturated carbocycles. The molecule has 4 nitrogen and oxygen atoms in total. The van der Waals surface area contributed by atoms with E-state index in [0.717, 1.165) is 31.1 Å². The summed E-state index contributed by atoms with van der Waals surface area (Å²) in [4.78, 5) is 16.6. The lowest BCUT2D eigenvalue weighted by Crippen LogP contribution is -2.50. The number of benzene rings is 2. The molecule has 1 aliphatic heterocycles. The average molecular weight is 378 g/mol. The Labute approximate surface area is 158 Å². The summed E-state index contributed by atoms with van der Waals surface area (Å²) in [5.41, 5.74) is 1.89. The second kappa shape index (κ2) is 8.56. The monoisotopic (exact) mass is 377 g/mol. The molecule has 0 bridgehead atoms. The van der Waals surface area contributed by atoms with Crippen molar-refractivity contribution < 1.29 is 4.79 Å². The first-order valence-electron chi connectivity index (χ1n) is 8.39. The predicted octanol–water partition coefficient (Wildman–Crippen LogP) is 4.39. The van der Waals surface area contributed by atoms with Crippen LogP contribution in [-0.4, -0.2) is 48.6 Å². The van der Waals surface area contributed by atoms with Gasteiger partial charge in [0, 0.05) is 37.7 Å². The number of halogens is 2. The molecule has 0 aliphatic carbocycles. The van der Waals surface area contributed by atoms with E-state index in [1.54, 1.807) is 6.07 Å². The Bertz CT molecular complexity index is 730. The molecule has 1 heterocycles. The molecule has 1 aliphatic rings. The molecule has 6 heteroatoms. The zero-order chi connectivity index (χ0) is 17.6. The highest BCUT2D eigenvalue weighted by Gasteiger charge is 2.21. The van der Waals surface area contributed by atoms with Gasteiger partial charge in [-0.15, -0.1) is 0 Å². The van der Waals surface area contributed by atoms with E-state index in [2.05, 4.69) is 16.3 Å². The van der Waals surface area contributed by atoms with Crippen LogP contribution in [0.2, 0.25) is 10.0 Å². The van der Waals surface area contributed by atoms with Crippen LogP contribution < -0.4 is 5.32 Å². The van der Waals surface area contributed by atoms with E-state index >= 15 is 0 Å². The van der Waals surface area contributed by atoms with Crippen LogP contribution in [-0.2, 0) is 6.42 Å². The number of nitrogens with one attached hydrogen (secondary N) is 1. The maximum atomic E-state index is 12.4. The van der Waals surface area contributed by atoms with Gasteiger partial charge in [0.25, 0.3) is 0 Å². The molecule has 25 heavy (non-hydrogen) atoms. The fraction of sp³-hybridized carbons (Fsp3) is 0.316. The second-order valence-electron chi connectivity index (χ2n) is 6.12. The van der Waals surface area contributed by atoms with Crippen LogP contribution in [0.25, 0.3) is 0 Å². The summed E-state index contributed by atoms with van der Waals surface area (Å²) >= 11 is 12.1. The van der Waals surface area contributed by atoms with Crippen molar-refractivity contribution in [3.8, 4) is 0 Å². The minimum atomic E-state index is -0.0948. The van der Waals surface area contributed by atoms with Gasteiger partial charge in [-0.05, 0) is 36.2 Å². The van der Waals surface area contributed by atoms with Gasteiger partial charge in [-0.1, -0.05) is 47.5 Å². The van der Waals surface area contributed by atoms with Crippen LogP contribution >= 0.6 is 23.2 Å². The van der Waals surface area contributed by atoms with Crippen molar-refractivity contribution in [3.05, 3.63) is 64.1 Å². The molecule has 0 radical (unpaired) electrons. The summed E-state index contributed by atoms with van der Waals surface area (Å²) in [5, 5.41) is 4.21. The highest BCUT2D eigenvalue weighted by atomic mass is 35.5. The molecule has 0 atom stereocenters. The van der Waals surface area contributed by atoms with Gasteiger partial charge in [-0.3, -0.25) is 4.90 Å². The largest absolute Gasteiger partial charge is 0.322 e. The Morgan fingerprint density at radius 1 is 1.00 bits per heavy atom. The Kier molecular flexibility index (Phi) is 6.19. The fourth-order valence-corrected chi connectivity index (χ4v) is 3.31. The molecular formula is C19H21Cl2N3O. The van der Waals surface area contributed by atoms with E-state index in [4.69, 9.17) is 23.2 Å². The smallest absolute Gasteiger partial charge is 0.321 e. The lowest BCUT2D eigenvalue weighted by Gasteiger charge is -2.34. The number of rotatable bonds is 4. The highest BCUT2D eigenvalue weighted by molar-refractivity contribution is 6.33. The van der Waals surface area contributed by atoms with Gasteiger partial charge in [0.1, 0.15) is 0 Å². The molecule has 1 N–H and O–H groups in total. The number of piperazine rings is 1. The fourth-order valence-electron chi connectivity index (χ4n) is 2.91. The Balaban J connectivity index is 1.45. The van der Waals surface area contributed by atoms with Crippen LogP contribution in [0.15, 0.2) is 48.5 Å². The normalized spacial score (nSPS) is 15.2. The van der Waals surface area contributed by atoms with Gasteiger partial charge in [-0.25, -0.2) is 4.79 Å². The average Bonchev–Trinajstić information content (AvgIpc) is 2.62. The molecule has 1 saturated heterocycles. The van der Waals surface area contributed by atoms with Gasteiger partial charge in [-0.2, -0.15) is 0 Å². The van der Waals surface area contributed by atoms with E-state index < -0.39 is 0 Å². The zero-order valence-corrected chi connectivity index (χ0v) is 15.4. The van der Waals surface area contributed by atoms with E-state index in [-0.39, 0.29) is 6.03 Å². The van der Waals surface area contributed by atoms with Crippen LogP contribution in [0.3, 0.4) is 0 Å². The molecule has 0 aromatic heterocycles. The quantitative estimate of drug-likeness (QED) is 0.857. The molecule has 3 rings (SSSR count). The highest BCUT2D eigenvalue weighted by Crippen LogP contribution is 2.21. The molecule has 132 valence electrons.